The molecule has 31 heteroatoms. The van der Waals surface area contributed by atoms with Gasteiger partial charge in [-0.3, -0.25) is 29.5 Å². The molecule has 0 fully saturated rings. The number of aromatic nitrogens is 10. The van der Waals surface area contributed by atoms with Crippen molar-refractivity contribution >= 4 is 109 Å². The van der Waals surface area contributed by atoms with Crippen LogP contribution in [0.2, 0.25) is 10.0 Å². The number of amides is 6. The fraction of sp³-hybridized carbons (Fsp3) is 0.0380. The molecule has 15 aromatic rings. The molecule has 0 atom stereocenters. The van der Waals surface area contributed by atoms with Gasteiger partial charge in [0, 0.05) is 100 Å². The lowest BCUT2D eigenvalue weighted by Crippen LogP contribution is -2.19. The number of ether oxygens (including phenoxy) is 3. The zero-order chi connectivity index (χ0) is 76.9. The minimum atomic E-state index is -4.64. The molecule has 6 aromatic heterocycles. The molecule has 6 heterocycles. The Labute approximate surface area is 629 Å². The van der Waals surface area contributed by atoms with Gasteiger partial charge < -0.3 is 46.1 Å². The normalized spacial score (nSPS) is 11.1. The van der Waals surface area contributed by atoms with Gasteiger partial charge in [-0.25, -0.2) is 38.7 Å². The third-order valence-electron chi connectivity index (χ3n) is 15.6. The molecule has 0 aliphatic rings. The van der Waals surface area contributed by atoms with Gasteiger partial charge in [-0.2, -0.15) is 26.3 Å². The number of benzene rings is 9. The Kier molecular flexibility index (Phi) is 22.3. The van der Waals surface area contributed by atoms with E-state index in [4.69, 9.17) is 42.4 Å². The number of carbonyl (C=O) groups excluding carboxylic acids is 3. The number of rotatable bonds is 15. The Morgan fingerprint density at radius 2 is 0.800 bits per heavy atom. The van der Waals surface area contributed by atoms with E-state index in [2.05, 4.69) is 71.8 Å². The SMILES string of the molecule is Cc1ccc(-c2cnc3ccc(Oc4ccc(NC(=O)Nc5cccc(F)c5)cc4)cc3n2)cn1.O=C(Nc1ccc(Oc2ccc3ncc(-c4cccnc4)nc3c2)cc1)Nc1ccc(Cl)c(C(F)(F)F)c1.O=C(Nc1ccc(Oc2ccc3ncc(-n4ccnc4)nc3c2)cc1)Nc1ccc(Cl)c(C(F)(F)F)c1. The summed E-state index contributed by atoms with van der Waals surface area (Å²) in [4.78, 5) is 76.4. The van der Waals surface area contributed by atoms with E-state index in [1.54, 1.807) is 176 Å². The molecule has 9 aromatic carbocycles. The number of alkyl halides is 6. The lowest BCUT2D eigenvalue weighted by atomic mass is 10.2. The number of nitrogens with zero attached hydrogens (tertiary/aromatic N) is 10. The Morgan fingerprint density at radius 1 is 0.382 bits per heavy atom. The summed E-state index contributed by atoms with van der Waals surface area (Å²) in [5.74, 6) is 3.46. The summed E-state index contributed by atoms with van der Waals surface area (Å²) < 4.78 is 111. The summed E-state index contributed by atoms with van der Waals surface area (Å²) in [6, 6.07) is 53.6. The number of carbonyl (C=O) groups is 3. The van der Waals surface area contributed by atoms with Crippen molar-refractivity contribution in [2.45, 2.75) is 19.3 Å². The molecule has 0 radical (unpaired) electrons. The van der Waals surface area contributed by atoms with Gasteiger partial charge in [0.25, 0.3) is 0 Å². The average molecular weight is 1530 g/mol. The van der Waals surface area contributed by atoms with Crippen LogP contribution in [-0.4, -0.2) is 67.5 Å². The zero-order valence-electron chi connectivity index (χ0n) is 56.7. The number of aryl methyl sites for hydroxylation is 1. The summed E-state index contributed by atoms with van der Waals surface area (Å²) in [6.07, 6.45) is 5.99. The smallest absolute Gasteiger partial charge is 0.417 e. The molecular formula is C79H53Cl2F7N16O6. The first-order chi connectivity index (χ1) is 53.0. The highest BCUT2D eigenvalue weighted by Gasteiger charge is 2.35. The number of halogens is 9. The first-order valence-electron chi connectivity index (χ1n) is 32.7. The van der Waals surface area contributed by atoms with Crippen LogP contribution in [0.3, 0.4) is 0 Å². The third-order valence-corrected chi connectivity index (χ3v) is 16.3. The molecule has 0 unspecified atom stereocenters. The number of hydrogen-bond acceptors (Lipinski definition) is 15. The highest BCUT2D eigenvalue weighted by molar-refractivity contribution is 6.32. The van der Waals surface area contributed by atoms with E-state index in [1.165, 1.54) is 30.3 Å². The van der Waals surface area contributed by atoms with E-state index in [0.717, 1.165) is 52.3 Å². The van der Waals surface area contributed by atoms with Crippen LogP contribution in [0.25, 0.3) is 61.4 Å². The molecule has 110 heavy (non-hydrogen) atoms. The summed E-state index contributed by atoms with van der Waals surface area (Å²) in [5, 5.41) is 14.2. The maximum absolute atomic E-state index is 13.3. The van der Waals surface area contributed by atoms with E-state index < -0.39 is 57.4 Å². The molecule has 6 N–H and O–H groups in total. The molecule has 0 saturated heterocycles. The first-order valence-corrected chi connectivity index (χ1v) is 33.5. The molecule has 0 aliphatic heterocycles. The Hall–Kier alpha value is -14.2. The van der Waals surface area contributed by atoms with Crippen molar-refractivity contribution in [2.24, 2.45) is 0 Å². The first kappa shape index (κ1) is 74.1. The van der Waals surface area contributed by atoms with E-state index >= 15 is 0 Å². The van der Waals surface area contributed by atoms with Crippen LogP contribution < -0.4 is 46.1 Å². The van der Waals surface area contributed by atoms with Crippen LogP contribution in [0.4, 0.5) is 79.2 Å². The minimum absolute atomic E-state index is 0.0507. The molecule has 0 aliphatic carbocycles. The topological polar surface area (TPSA) is 272 Å². The maximum atomic E-state index is 13.3. The van der Waals surface area contributed by atoms with Crippen LogP contribution in [0, 0.1) is 12.7 Å². The lowest BCUT2D eigenvalue weighted by Gasteiger charge is -2.12. The minimum Gasteiger partial charge on any atom is -0.457 e. The van der Waals surface area contributed by atoms with Crippen molar-refractivity contribution in [2.75, 3.05) is 31.9 Å². The summed E-state index contributed by atoms with van der Waals surface area (Å²) >= 11 is 11.2. The van der Waals surface area contributed by atoms with Crippen molar-refractivity contribution in [3.63, 3.8) is 0 Å². The predicted molar refractivity (Wildman–Crippen MR) is 404 cm³/mol. The number of anilines is 6. The Morgan fingerprint density at radius 3 is 1.21 bits per heavy atom. The van der Waals surface area contributed by atoms with Crippen molar-refractivity contribution in [3.8, 4) is 62.8 Å². The molecule has 22 nitrogen and oxygen atoms in total. The number of urea groups is 3. The van der Waals surface area contributed by atoms with E-state index in [1.807, 2.05) is 49.4 Å². The van der Waals surface area contributed by atoms with Crippen molar-refractivity contribution in [1.82, 2.24) is 49.4 Å². The van der Waals surface area contributed by atoms with Crippen LogP contribution in [0.15, 0.2) is 268 Å². The molecule has 6 amide bonds. The number of nitrogens with one attached hydrogen (secondary N) is 6. The quantitative estimate of drug-likeness (QED) is 0.0521. The van der Waals surface area contributed by atoms with Gasteiger partial charge in [0.1, 0.15) is 46.6 Å². The second kappa shape index (κ2) is 33.1. The van der Waals surface area contributed by atoms with Crippen LogP contribution >= 0.6 is 23.2 Å². The molecular weight excluding hydrogens is 1470 g/mol. The number of imidazole rings is 1. The Bertz CT molecular complexity index is 5830. The van der Waals surface area contributed by atoms with E-state index in [0.29, 0.717) is 96.3 Å². The predicted octanol–water partition coefficient (Wildman–Crippen LogP) is 21.3. The zero-order valence-corrected chi connectivity index (χ0v) is 58.2. The van der Waals surface area contributed by atoms with Crippen LogP contribution in [0.5, 0.6) is 34.5 Å². The highest BCUT2D eigenvalue weighted by Crippen LogP contribution is 2.39. The van der Waals surface area contributed by atoms with Gasteiger partial charge in [-0.05, 0) is 195 Å². The lowest BCUT2D eigenvalue weighted by molar-refractivity contribution is -0.138. The number of hydrogen-bond donors (Lipinski definition) is 6. The monoisotopic (exact) mass is 1520 g/mol. The van der Waals surface area contributed by atoms with Gasteiger partial charge in [0.05, 0.1) is 84.3 Å². The maximum Gasteiger partial charge on any atom is 0.417 e. The number of fused-ring (bicyclic) bond motifs is 3. The molecule has 548 valence electrons. The molecule has 15 rings (SSSR count). The van der Waals surface area contributed by atoms with Crippen molar-refractivity contribution in [1.29, 1.82) is 0 Å². The van der Waals surface area contributed by atoms with E-state index in [-0.39, 0.29) is 11.4 Å². The third kappa shape index (κ3) is 19.6. The van der Waals surface area contributed by atoms with Crippen LogP contribution in [0.1, 0.15) is 16.8 Å². The van der Waals surface area contributed by atoms with Gasteiger partial charge in [0.2, 0.25) is 0 Å². The second-order valence-corrected chi connectivity index (χ2v) is 24.4. The average Bonchev–Trinajstić information content (AvgIpc) is 0.969. The van der Waals surface area contributed by atoms with Gasteiger partial charge in [-0.15, -0.1) is 0 Å². The Balaban J connectivity index is 0.000000145. The summed E-state index contributed by atoms with van der Waals surface area (Å²) in [6.45, 7) is 1.93. The standard InChI is InChI=1S/C27H17ClF3N5O2.C27H20FN5O2.C25H16ClF3N6O2/c28-22-9-5-18(12-21(22)27(29,30)31)35-26(37)34-17-3-6-19(7-4-17)38-20-8-10-23-24(13-20)36-25(15-33-23)16-2-1-11-32-14-16;1-17-5-6-18(15-29-17)26-16-30-24-12-11-23(14-25(24)33-26)35-22-9-7-20(8-10-22)31-27(34)32-21-4-2-3-19(28)13-21;26-20-7-3-16(11-19(20)25(27,28)29)33-24(36)32-15-1-4-17(5-2-15)37-18-6-8-21-22(12-18)34-23(13-31-21)35-10-9-30-14-35/h1-15H,(H2,34,35,37);2-16H,1H3,(H2,31,32,34);1-14H,(H2,32,33,36). The molecule has 0 bridgehead atoms. The van der Waals surface area contributed by atoms with E-state index in [9.17, 15) is 45.1 Å². The molecule has 0 spiro atoms. The second-order valence-electron chi connectivity index (χ2n) is 23.6. The fourth-order valence-electron chi connectivity index (χ4n) is 10.4. The molecule has 0 saturated carbocycles. The fourth-order valence-corrected chi connectivity index (χ4v) is 10.8. The number of pyridine rings is 2. The highest BCUT2D eigenvalue weighted by atomic mass is 35.5. The van der Waals surface area contributed by atoms with Gasteiger partial charge in [-0.1, -0.05) is 29.3 Å². The largest absolute Gasteiger partial charge is 0.457 e. The van der Waals surface area contributed by atoms with Gasteiger partial charge >= 0.3 is 30.4 Å². The van der Waals surface area contributed by atoms with Gasteiger partial charge in [0.15, 0.2) is 5.82 Å². The van der Waals surface area contributed by atoms with Crippen LogP contribution in [-0.2, 0) is 12.4 Å². The summed E-state index contributed by atoms with van der Waals surface area (Å²) in [5.41, 5.74) is 7.80. The summed E-state index contributed by atoms with van der Waals surface area (Å²) in [7, 11) is 0. The van der Waals surface area contributed by atoms with Crippen molar-refractivity contribution in [3.05, 3.63) is 301 Å². The van der Waals surface area contributed by atoms with Crippen molar-refractivity contribution < 1.29 is 59.3 Å².